The second-order valence-electron chi connectivity index (χ2n) is 4.15. The van der Waals surface area contributed by atoms with Crippen molar-refractivity contribution >= 4 is 0 Å². The smallest absolute Gasteiger partial charge is 0.130 e. The van der Waals surface area contributed by atoms with Crippen LogP contribution in [-0.2, 0) is 0 Å². The van der Waals surface area contributed by atoms with Crippen molar-refractivity contribution in [3.8, 4) is 5.75 Å². The van der Waals surface area contributed by atoms with Crippen LogP contribution < -0.4 is 5.32 Å². The average Bonchev–Trinajstić information content (AvgIpc) is 2.26. The molecule has 1 aliphatic heterocycles. The molecule has 1 aromatic rings. The lowest BCUT2D eigenvalue weighted by Crippen LogP contribution is -2.26. The highest BCUT2D eigenvalue weighted by molar-refractivity contribution is 5.38. The van der Waals surface area contributed by atoms with Crippen LogP contribution in [0.15, 0.2) is 12.1 Å². The number of hydrogen-bond donors (Lipinski definition) is 2. The number of piperidine rings is 1. The summed E-state index contributed by atoms with van der Waals surface area (Å²) in [6, 6.07) is 3.39. The fraction of sp³-hybridized carbons (Fsp3) is 0.500. The summed E-state index contributed by atoms with van der Waals surface area (Å²) >= 11 is 0. The first kappa shape index (κ1) is 10.4. The van der Waals surface area contributed by atoms with Gasteiger partial charge >= 0.3 is 0 Å². The lowest BCUT2D eigenvalue weighted by molar-refractivity contribution is 0.406. The highest BCUT2D eigenvalue weighted by Crippen LogP contribution is 2.29. The number of halogens is 1. The van der Waals surface area contributed by atoms with Crippen LogP contribution in [0.3, 0.4) is 0 Å². The van der Waals surface area contributed by atoms with Gasteiger partial charge in [-0.25, -0.2) is 4.39 Å². The molecule has 0 amide bonds. The molecule has 1 saturated heterocycles. The first-order valence-electron chi connectivity index (χ1n) is 5.41. The van der Waals surface area contributed by atoms with Crippen LogP contribution >= 0.6 is 0 Å². The molecule has 2 rings (SSSR count). The maximum Gasteiger partial charge on any atom is 0.130 e. The zero-order chi connectivity index (χ0) is 10.8. The van der Waals surface area contributed by atoms with Crippen molar-refractivity contribution in [1.82, 2.24) is 5.32 Å². The van der Waals surface area contributed by atoms with Crippen molar-refractivity contribution in [3.63, 3.8) is 0 Å². The summed E-state index contributed by atoms with van der Waals surface area (Å²) in [6.45, 7) is 2.56. The summed E-state index contributed by atoms with van der Waals surface area (Å²) < 4.78 is 13.4. The third-order valence-corrected chi connectivity index (χ3v) is 3.05. The molecular formula is C12H16FNO. The monoisotopic (exact) mass is 209 g/mol. The number of rotatable bonds is 1. The molecular weight excluding hydrogens is 193 g/mol. The van der Waals surface area contributed by atoms with Crippen molar-refractivity contribution in [3.05, 3.63) is 29.1 Å². The van der Waals surface area contributed by atoms with Gasteiger partial charge in [-0.3, -0.25) is 0 Å². The van der Waals surface area contributed by atoms with Gasteiger partial charge in [0.1, 0.15) is 11.6 Å². The topological polar surface area (TPSA) is 32.3 Å². The number of phenolic OH excluding ortho intramolecular Hbond substituents is 1. The molecule has 15 heavy (non-hydrogen) atoms. The second kappa shape index (κ2) is 4.19. The fourth-order valence-corrected chi connectivity index (χ4v) is 2.02. The SMILES string of the molecule is Cc1c(O)cc(C2CCCCN2)cc1F. The Kier molecular flexibility index (Phi) is 2.91. The molecule has 1 fully saturated rings. The van der Waals surface area contributed by atoms with E-state index in [9.17, 15) is 9.50 Å². The van der Waals surface area contributed by atoms with Crippen LogP contribution in [0.4, 0.5) is 4.39 Å². The van der Waals surface area contributed by atoms with Gasteiger partial charge in [-0.05, 0) is 44.0 Å². The van der Waals surface area contributed by atoms with E-state index in [0.717, 1.165) is 24.9 Å². The molecule has 3 heteroatoms. The lowest BCUT2D eigenvalue weighted by atomic mass is 9.96. The van der Waals surface area contributed by atoms with Crippen molar-refractivity contribution in [2.75, 3.05) is 6.54 Å². The zero-order valence-electron chi connectivity index (χ0n) is 8.89. The summed E-state index contributed by atoms with van der Waals surface area (Å²) in [6.07, 6.45) is 3.35. The maximum absolute atomic E-state index is 13.4. The fourth-order valence-electron chi connectivity index (χ4n) is 2.02. The molecule has 0 aromatic heterocycles. The first-order valence-corrected chi connectivity index (χ1v) is 5.41. The minimum absolute atomic E-state index is 0.0531. The van der Waals surface area contributed by atoms with Gasteiger partial charge < -0.3 is 10.4 Å². The summed E-state index contributed by atoms with van der Waals surface area (Å²) in [5.74, 6) is -0.269. The molecule has 1 unspecified atom stereocenters. The van der Waals surface area contributed by atoms with Crippen LogP contribution in [-0.4, -0.2) is 11.7 Å². The van der Waals surface area contributed by atoms with E-state index < -0.39 is 0 Å². The molecule has 82 valence electrons. The van der Waals surface area contributed by atoms with Crippen LogP contribution in [0, 0.1) is 12.7 Å². The van der Waals surface area contributed by atoms with Crippen LogP contribution in [0.2, 0.25) is 0 Å². The quantitative estimate of drug-likeness (QED) is 0.745. The number of nitrogens with one attached hydrogen (secondary N) is 1. The van der Waals surface area contributed by atoms with E-state index in [2.05, 4.69) is 5.32 Å². The number of hydrogen-bond acceptors (Lipinski definition) is 2. The Morgan fingerprint density at radius 1 is 1.40 bits per heavy atom. The molecule has 1 aromatic carbocycles. The van der Waals surface area contributed by atoms with Crippen molar-refractivity contribution in [1.29, 1.82) is 0 Å². The second-order valence-corrected chi connectivity index (χ2v) is 4.15. The normalized spacial score (nSPS) is 21.6. The standard InChI is InChI=1S/C12H16FNO/c1-8-10(13)6-9(7-12(8)15)11-4-2-3-5-14-11/h6-7,11,14-15H,2-5H2,1H3. The minimum atomic E-state index is -0.322. The summed E-state index contributed by atoms with van der Waals surface area (Å²) in [5, 5.41) is 12.9. The molecule has 0 spiro atoms. The Labute approximate surface area is 89.1 Å². The van der Waals surface area contributed by atoms with Crippen molar-refractivity contribution in [2.24, 2.45) is 0 Å². The van der Waals surface area contributed by atoms with Gasteiger partial charge in [0.05, 0.1) is 0 Å². The number of aromatic hydroxyl groups is 1. The van der Waals surface area contributed by atoms with E-state index in [1.165, 1.54) is 12.5 Å². The molecule has 0 radical (unpaired) electrons. The van der Waals surface area contributed by atoms with Crippen molar-refractivity contribution in [2.45, 2.75) is 32.2 Å². The van der Waals surface area contributed by atoms with Crippen LogP contribution in [0.5, 0.6) is 5.75 Å². The Hall–Kier alpha value is -1.09. The number of benzene rings is 1. The average molecular weight is 209 g/mol. The highest BCUT2D eigenvalue weighted by Gasteiger charge is 2.17. The van der Waals surface area contributed by atoms with Gasteiger partial charge in [0.2, 0.25) is 0 Å². The summed E-state index contributed by atoms with van der Waals surface area (Å²) in [7, 11) is 0. The predicted molar refractivity (Wildman–Crippen MR) is 57.4 cm³/mol. The van der Waals surface area contributed by atoms with Crippen LogP contribution in [0.25, 0.3) is 0 Å². The molecule has 1 aliphatic rings. The molecule has 0 bridgehead atoms. The van der Waals surface area contributed by atoms with Gasteiger partial charge in [0.15, 0.2) is 0 Å². The molecule has 2 nitrogen and oxygen atoms in total. The maximum atomic E-state index is 13.4. The largest absolute Gasteiger partial charge is 0.508 e. The molecule has 0 aliphatic carbocycles. The predicted octanol–water partition coefficient (Wildman–Crippen LogP) is 2.65. The number of phenols is 1. The van der Waals surface area contributed by atoms with E-state index >= 15 is 0 Å². The van der Waals surface area contributed by atoms with Crippen LogP contribution in [0.1, 0.15) is 36.4 Å². The van der Waals surface area contributed by atoms with E-state index in [4.69, 9.17) is 0 Å². The Bertz CT molecular complexity index is 336. The van der Waals surface area contributed by atoms with Gasteiger partial charge in [-0.1, -0.05) is 6.42 Å². The Morgan fingerprint density at radius 3 is 2.80 bits per heavy atom. The molecule has 1 atom stereocenters. The van der Waals surface area contributed by atoms with Crippen molar-refractivity contribution < 1.29 is 9.50 Å². The third-order valence-electron chi connectivity index (χ3n) is 3.05. The van der Waals surface area contributed by atoms with Gasteiger partial charge in [-0.15, -0.1) is 0 Å². The summed E-state index contributed by atoms with van der Waals surface area (Å²) in [4.78, 5) is 0. The summed E-state index contributed by atoms with van der Waals surface area (Å²) in [5.41, 5.74) is 1.19. The van der Waals surface area contributed by atoms with E-state index in [0.29, 0.717) is 5.56 Å². The highest BCUT2D eigenvalue weighted by atomic mass is 19.1. The lowest BCUT2D eigenvalue weighted by Gasteiger charge is -2.24. The first-order chi connectivity index (χ1) is 7.18. The third kappa shape index (κ3) is 2.12. The van der Waals surface area contributed by atoms with E-state index in [-0.39, 0.29) is 17.6 Å². The zero-order valence-corrected chi connectivity index (χ0v) is 8.89. The Morgan fingerprint density at radius 2 is 2.20 bits per heavy atom. The molecule has 1 heterocycles. The molecule has 0 saturated carbocycles. The molecule has 2 N–H and O–H groups in total. The van der Waals surface area contributed by atoms with E-state index in [1.807, 2.05) is 0 Å². The van der Waals surface area contributed by atoms with Gasteiger partial charge in [0.25, 0.3) is 0 Å². The van der Waals surface area contributed by atoms with Gasteiger partial charge in [0, 0.05) is 11.6 Å². The minimum Gasteiger partial charge on any atom is -0.508 e. The van der Waals surface area contributed by atoms with E-state index in [1.54, 1.807) is 13.0 Å². The Balaban J connectivity index is 2.27. The van der Waals surface area contributed by atoms with Gasteiger partial charge in [-0.2, -0.15) is 0 Å².